The fourth-order valence-electron chi connectivity index (χ4n) is 1.70. The van der Waals surface area contributed by atoms with Gasteiger partial charge in [-0.3, -0.25) is 0 Å². The number of hydrogen-bond donors (Lipinski definition) is 1. The van der Waals surface area contributed by atoms with Crippen LogP contribution >= 0.6 is 27.5 Å². The highest BCUT2D eigenvalue weighted by molar-refractivity contribution is 9.10. The summed E-state index contributed by atoms with van der Waals surface area (Å²) in [5, 5.41) is 4.24. The topological polar surface area (TPSA) is 12.0 Å². The average molecular weight is 261 g/mol. The van der Waals surface area contributed by atoms with Crippen LogP contribution in [0.15, 0.2) is 22.7 Å². The zero-order valence-electron chi connectivity index (χ0n) is 7.19. The molecule has 1 heterocycles. The lowest BCUT2D eigenvalue weighted by Gasteiger charge is -2.10. The maximum Gasteiger partial charge on any atom is 0.0551 e. The highest BCUT2D eigenvalue weighted by Crippen LogP contribution is 2.29. The van der Waals surface area contributed by atoms with Crippen LogP contribution in [0.4, 0.5) is 0 Å². The molecule has 1 atom stereocenters. The number of benzene rings is 1. The van der Waals surface area contributed by atoms with Gasteiger partial charge in [0, 0.05) is 10.5 Å². The number of hydrogen-bond acceptors (Lipinski definition) is 1. The van der Waals surface area contributed by atoms with Gasteiger partial charge < -0.3 is 5.32 Å². The van der Waals surface area contributed by atoms with E-state index in [0.29, 0.717) is 6.04 Å². The lowest BCUT2D eigenvalue weighted by atomic mass is 10.1. The standard InChI is InChI=1S/C10H11BrClN/c11-8-4-3-7(6-9(8)12)10-2-1-5-13-10/h3-4,6,10,13H,1-2,5H2. The third kappa shape index (κ3) is 2.06. The Kier molecular flexibility index (Phi) is 2.92. The van der Waals surface area contributed by atoms with Gasteiger partial charge in [0.1, 0.15) is 0 Å². The molecule has 1 N–H and O–H groups in total. The zero-order valence-corrected chi connectivity index (χ0v) is 9.53. The van der Waals surface area contributed by atoms with Crippen molar-refractivity contribution in [2.75, 3.05) is 6.54 Å². The molecule has 3 heteroatoms. The molecule has 0 radical (unpaired) electrons. The largest absolute Gasteiger partial charge is 0.310 e. The normalized spacial score (nSPS) is 22.2. The summed E-state index contributed by atoms with van der Waals surface area (Å²) in [7, 11) is 0. The Balaban J connectivity index is 2.25. The van der Waals surface area contributed by atoms with Crippen molar-refractivity contribution in [3.05, 3.63) is 33.3 Å². The molecule has 0 saturated carbocycles. The molecule has 0 spiro atoms. The van der Waals surface area contributed by atoms with Gasteiger partial charge in [-0.05, 0) is 53.0 Å². The molecule has 1 aromatic rings. The average Bonchev–Trinajstić information content (AvgIpc) is 2.62. The van der Waals surface area contributed by atoms with E-state index in [9.17, 15) is 0 Å². The van der Waals surface area contributed by atoms with E-state index in [2.05, 4.69) is 27.3 Å². The van der Waals surface area contributed by atoms with Crippen molar-refractivity contribution in [1.82, 2.24) is 5.32 Å². The van der Waals surface area contributed by atoms with Gasteiger partial charge in [0.25, 0.3) is 0 Å². The van der Waals surface area contributed by atoms with Crippen LogP contribution in [0, 0.1) is 0 Å². The van der Waals surface area contributed by atoms with E-state index in [4.69, 9.17) is 11.6 Å². The lowest BCUT2D eigenvalue weighted by Crippen LogP contribution is -2.12. The zero-order chi connectivity index (χ0) is 9.26. The molecule has 0 bridgehead atoms. The molecule has 0 aliphatic carbocycles. The maximum absolute atomic E-state index is 6.02. The minimum atomic E-state index is 0.505. The summed E-state index contributed by atoms with van der Waals surface area (Å²) >= 11 is 9.40. The van der Waals surface area contributed by atoms with Gasteiger partial charge in [-0.1, -0.05) is 17.7 Å². The van der Waals surface area contributed by atoms with Gasteiger partial charge >= 0.3 is 0 Å². The van der Waals surface area contributed by atoms with Crippen molar-refractivity contribution < 1.29 is 0 Å². The van der Waals surface area contributed by atoms with Crippen LogP contribution in [0.2, 0.25) is 5.02 Å². The molecule has 2 rings (SSSR count). The summed E-state index contributed by atoms with van der Waals surface area (Å²) in [6, 6.07) is 6.68. The van der Waals surface area contributed by atoms with E-state index in [1.54, 1.807) is 0 Å². The minimum absolute atomic E-state index is 0.505. The molecule has 1 aromatic carbocycles. The van der Waals surface area contributed by atoms with Gasteiger partial charge in [0.05, 0.1) is 5.02 Å². The van der Waals surface area contributed by atoms with Gasteiger partial charge in [-0.2, -0.15) is 0 Å². The van der Waals surface area contributed by atoms with E-state index in [0.717, 1.165) is 16.0 Å². The summed E-state index contributed by atoms with van der Waals surface area (Å²) in [4.78, 5) is 0. The Morgan fingerprint density at radius 3 is 2.92 bits per heavy atom. The van der Waals surface area contributed by atoms with Crippen molar-refractivity contribution >= 4 is 27.5 Å². The number of nitrogens with one attached hydrogen (secondary N) is 1. The van der Waals surface area contributed by atoms with Crippen LogP contribution in [0.5, 0.6) is 0 Å². The molecular formula is C10H11BrClN. The molecule has 70 valence electrons. The predicted molar refractivity (Wildman–Crippen MR) is 59.1 cm³/mol. The van der Waals surface area contributed by atoms with E-state index in [1.165, 1.54) is 18.4 Å². The maximum atomic E-state index is 6.02. The second-order valence-corrected chi connectivity index (χ2v) is 4.58. The van der Waals surface area contributed by atoms with Crippen LogP contribution in [0.1, 0.15) is 24.4 Å². The predicted octanol–water partition coefficient (Wildman–Crippen LogP) is 3.53. The fraction of sp³-hybridized carbons (Fsp3) is 0.400. The number of rotatable bonds is 1. The summed E-state index contributed by atoms with van der Waals surface area (Å²) in [6.07, 6.45) is 2.48. The quantitative estimate of drug-likeness (QED) is 0.814. The molecule has 0 amide bonds. The first kappa shape index (κ1) is 9.50. The van der Waals surface area contributed by atoms with Crippen molar-refractivity contribution in [3.63, 3.8) is 0 Å². The van der Waals surface area contributed by atoms with Crippen molar-refractivity contribution in [1.29, 1.82) is 0 Å². The van der Waals surface area contributed by atoms with Gasteiger partial charge in [0.15, 0.2) is 0 Å². The van der Waals surface area contributed by atoms with Crippen molar-refractivity contribution in [3.8, 4) is 0 Å². The summed E-state index contributed by atoms with van der Waals surface area (Å²) in [5.41, 5.74) is 1.30. The molecule has 1 aliphatic heterocycles. The Morgan fingerprint density at radius 2 is 2.31 bits per heavy atom. The van der Waals surface area contributed by atoms with Gasteiger partial charge in [0.2, 0.25) is 0 Å². The summed E-state index contributed by atoms with van der Waals surface area (Å²) in [6.45, 7) is 1.12. The van der Waals surface area contributed by atoms with E-state index in [1.807, 2.05) is 12.1 Å². The SMILES string of the molecule is Clc1cc(C2CCCN2)ccc1Br. The molecule has 1 aliphatic rings. The monoisotopic (exact) mass is 259 g/mol. The molecule has 1 saturated heterocycles. The van der Waals surface area contributed by atoms with E-state index in [-0.39, 0.29) is 0 Å². The Labute approximate surface area is 91.6 Å². The second kappa shape index (κ2) is 3.99. The first-order valence-corrected chi connectivity index (χ1v) is 5.63. The Hall–Kier alpha value is -0.0500. The minimum Gasteiger partial charge on any atom is -0.310 e. The van der Waals surface area contributed by atoms with Crippen LogP contribution in [-0.2, 0) is 0 Å². The van der Waals surface area contributed by atoms with Crippen LogP contribution in [0.25, 0.3) is 0 Å². The lowest BCUT2D eigenvalue weighted by molar-refractivity contribution is 0.648. The van der Waals surface area contributed by atoms with Crippen LogP contribution in [-0.4, -0.2) is 6.54 Å². The number of halogens is 2. The molecular weight excluding hydrogens is 249 g/mol. The van der Waals surface area contributed by atoms with Crippen molar-refractivity contribution in [2.24, 2.45) is 0 Å². The molecule has 0 aromatic heterocycles. The van der Waals surface area contributed by atoms with Crippen LogP contribution in [0.3, 0.4) is 0 Å². The third-order valence-electron chi connectivity index (χ3n) is 2.41. The van der Waals surface area contributed by atoms with E-state index >= 15 is 0 Å². The first-order valence-electron chi connectivity index (χ1n) is 4.46. The van der Waals surface area contributed by atoms with Gasteiger partial charge in [-0.25, -0.2) is 0 Å². The Morgan fingerprint density at radius 1 is 1.46 bits per heavy atom. The second-order valence-electron chi connectivity index (χ2n) is 3.32. The Bertz CT molecular complexity index is 308. The van der Waals surface area contributed by atoms with Crippen molar-refractivity contribution in [2.45, 2.75) is 18.9 Å². The smallest absolute Gasteiger partial charge is 0.0551 e. The highest BCUT2D eigenvalue weighted by atomic mass is 79.9. The summed E-state index contributed by atoms with van der Waals surface area (Å²) < 4.78 is 0.968. The third-order valence-corrected chi connectivity index (χ3v) is 3.64. The molecule has 1 nitrogen and oxygen atoms in total. The van der Waals surface area contributed by atoms with Gasteiger partial charge in [-0.15, -0.1) is 0 Å². The molecule has 1 unspecified atom stereocenters. The highest BCUT2D eigenvalue weighted by Gasteiger charge is 2.16. The first-order chi connectivity index (χ1) is 6.27. The van der Waals surface area contributed by atoms with Crippen LogP contribution < -0.4 is 5.32 Å². The summed E-state index contributed by atoms with van der Waals surface area (Å²) in [5.74, 6) is 0. The van der Waals surface area contributed by atoms with E-state index < -0.39 is 0 Å². The molecule has 1 fully saturated rings. The molecule has 13 heavy (non-hydrogen) atoms. The fourth-order valence-corrected chi connectivity index (χ4v) is 2.13.